The number of ether oxygens (including phenoxy) is 1. The van der Waals surface area contributed by atoms with Crippen LogP contribution in [0.2, 0.25) is 5.02 Å². The largest absolute Gasteiger partial charge is 0.492 e. The van der Waals surface area contributed by atoms with Crippen LogP contribution < -0.4 is 15.8 Å². The van der Waals surface area contributed by atoms with Crippen LogP contribution in [0.5, 0.6) is 5.75 Å². The lowest BCUT2D eigenvalue weighted by molar-refractivity contribution is 0.0947. The van der Waals surface area contributed by atoms with Crippen molar-refractivity contribution in [1.82, 2.24) is 5.32 Å². The second kappa shape index (κ2) is 6.99. The minimum absolute atomic E-state index is 0.208. The number of halogens is 1. The quantitative estimate of drug-likeness (QED) is 0.659. The predicted molar refractivity (Wildman–Crippen MR) is 84.9 cm³/mol. The molecule has 0 saturated carbocycles. The highest BCUT2D eigenvalue weighted by Crippen LogP contribution is 2.20. The second-order valence-corrected chi connectivity index (χ2v) is 4.99. The van der Waals surface area contributed by atoms with Crippen molar-refractivity contribution in [3.8, 4) is 5.75 Å². The minimum Gasteiger partial charge on any atom is -0.492 e. The van der Waals surface area contributed by atoms with E-state index in [9.17, 15) is 4.79 Å². The average molecular weight is 305 g/mol. The normalized spacial score (nSPS) is 10.2. The van der Waals surface area contributed by atoms with E-state index >= 15 is 0 Å². The first-order chi connectivity index (χ1) is 10.1. The zero-order valence-electron chi connectivity index (χ0n) is 11.7. The van der Waals surface area contributed by atoms with Crippen LogP contribution in [-0.4, -0.2) is 19.1 Å². The van der Waals surface area contributed by atoms with Gasteiger partial charge in [0.05, 0.1) is 17.1 Å². The molecule has 0 heterocycles. The van der Waals surface area contributed by atoms with Gasteiger partial charge in [-0.05, 0) is 30.7 Å². The van der Waals surface area contributed by atoms with Gasteiger partial charge in [0.2, 0.25) is 0 Å². The summed E-state index contributed by atoms with van der Waals surface area (Å²) in [5.74, 6) is 0.470. The molecule has 0 aliphatic carbocycles. The number of nitrogens with two attached hydrogens (primary N) is 1. The van der Waals surface area contributed by atoms with Crippen molar-refractivity contribution in [1.29, 1.82) is 0 Å². The highest BCUT2D eigenvalue weighted by atomic mass is 35.5. The molecule has 0 aliphatic rings. The molecule has 0 atom stereocenters. The molecule has 110 valence electrons. The third-order valence-corrected chi connectivity index (χ3v) is 3.45. The number of benzene rings is 2. The van der Waals surface area contributed by atoms with E-state index in [-0.39, 0.29) is 5.91 Å². The topological polar surface area (TPSA) is 64.3 Å². The van der Waals surface area contributed by atoms with E-state index in [4.69, 9.17) is 22.1 Å². The van der Waals surface area contributed by atoms with Gasteiger partial charge in [0.15, 0.2) is 0 Å². The molecule has 0 radical (unpaired) electrons. The molecular weight excluding hydrogens is 288 g/mol. The molecule has 2 aromatic rings. The van der Waals surface area contributed by atoms with Crippen molar-refractivity contribution >= 4 is 23.2 Å². The number of nitrogen functional groups attached to an aromatic ring is 1. The van der Waals surface area contributed by atoms with Gasteiger partial charge in [0, 0.05) is 11.8 Å². The van der Waals surface area contributed by atoms with E-state index in [0.717, 1.165) is 5.56 Å². The Morgan fingerprint density at radius 2 is 2.05 bits per heavy atom. The summed E-state index contributed by atoms with van der Waals surface area (Å²) in [6.45, 7) is 2.61. The molecule has 2 aromatic carbocycles. The summed E-state index contributed by atoms with van der Waals surface area (Å²) >= 11 is 6.11. The van der Waals surface area contributed by atoms with E-state index in [1.165, 1.54) is 0 Å². The molecule has 0 unspecified atom stereocenters. The summed E-state index contributed by atoms with van der Waals surface area (Å²) in [4.78, 5) is 12.0. The zero-order valence-corrected chi connectivity index (χ0v) is 12.5. The number of hydrogen-bond acceptors (Lipinski definition) is 3. The lowest BCUT2D eigenvalue weighted by atomic mass is 10.1. The maximum Gasteiger partial charge on any atom is 0.252 e. The van der Waals surface area contributed by atoms with Crippen LogP contribution in [0.4, 0.5) is 5.69 Å². The van der Waals surface area contributed by atoms with Gasteiger partial charge in [0.1, 0.15) is 12.4 Å². The Morgan fingerprint density at radius 1 is 1.29 bits per heavy atom. The maximum atomic E-state index is 12.0. The van der Waals surface area contributed by atoms with Gasteiger partial charge in [-0.3, -0.25) is 4.79 Å². The zero-order chi connectivity index (χ0) is 15.2. The summed E-state index contributed by atoms with van der Waals surface area (Å²) in [5.41, 5.74) is 7.64. The Hall–Kier alpha value is -2.20. The average Bonchev–Trinajstić information content (AvgIpc) is 2.46. The molecule has 21 heavy (non-hydrogen) atoms. The van der Waals surface area contributed by atoms with Crippen LogP contribution in [0.3, 0.4) is 0 Å². The highest BCUT2D eigenvalue weighted by Gasteiger charge is 2.10. The van der Waals surface area contributed by atoms with Gasteiger partial charge >= 0.3 is 0 Å². The smallest absolute Gasteiger partial charge is 0.252 e. The number of carbonyl (C=O) groups excluding carboxylic acids is 1. The summed E-state index contributed by atoms with van der Waals surface area (Å²) < 4.78 is 5.50. The number of rotatable bonds is 5. The molecule has 0 fully saturated rings. The minimum atomic E-state index is -0.208. The SMILES string of the molecule is Cc1cccc(C(=O)NCCOc2cccc(N)c2)c1Cl. The van der Waals surface area contributed by atoms with Crippen molar-refractivity contribution in [2.75, 3.05) is 18.9 Å². The van der Waals surface area contributed by atoms with Crippen molar-refractivity contribution in [3.63, 3.8) is 0 Å². The Labute approximate surface area is 128 Å². The fraction of sp³-hybridized carbons (Fsp3) is 0.188. The number of amides is 1. The monoisotopic (exact) mass is 304 g/mol. The van der Waals surface area contributed by atoms with Crippen LogP contribution in [0.15, 0.2) is 42.5 Å². The molecule has 0 bridgehead atoms. The van der Waals surface area contributed by atoms with Gasteiger partial charge in [-0.1, -0.05) is 29.8 Å². The standard InChI is InChI=1S/C16H17ClN2O2/c1-11-4-2-7-14(15(11)17)16(20)19-8-9-21-13-6-3-5-12(18)10-13/h2-7,10H,8-9,18H2,1H3,(H,19,20). The van der Waals surface area contributed by atoms with Gasteiger partial charge in [-0.25, -0.2) is 0 Å². The summed E-state index contributed by atoms with van der Waals surface area (Å²) in [6.07, 6.45) is 0. The Morgan fingerprint density at radius 3 is 2.81 bits per heavy atom. The first-order valence-corrected chi connectivity index (χ1v) is 6.97. The van der Waals surface area contributed by atoms with Gasteiger partial charge in [-0.15, -0.1) is 0 Å². The van der Waals surface area contributed by atoms with Crippen LogP contribution in [0.25, 0.3) is 0 Å². The van der Waals surface area contributed by atoms with Crippen molar-refractivity contribution in [2.45, 2.75) is 6.92 Å². The maximum absolute atomic E-state index is 12.0. The molecular formula is C16H17ClN2O2. The summed E-state index contributed by atoms with van der Waals surface area (Å²) in [5, 5.41) is 3.25. The number of carbonyl (C=O) groups is 1. The van der Waals surface area contributed by atoms with Crippen molar-refractivity contribution in [2.24, 2.45) is 0 Å². The fourth-order valence-electron chi connectivity index (χ4n) is 1.86. The Kier molecular flexibility index (Phi) is 5.06. The van der Waals surface area contributed by atoms with Crippen LogP contribution in [0, 0.1) is 6.92 Å². The third kappa shape index (κ3) is 4.13. The lowest BCUT2D eigenvalue weighted by Crippen LogP contribution is -2.28. The highest BCUT2D eigenvalue weighted by molar-refractivity contribution is 6.34. The molecule has 1 amide bonds. The van der Waals surface area contributed by atoms with Crippen LogP contribution in [0.1, 0.15) is 15.9 Å². The molecule has 3 N–H and O–H groups in total. The Bertz CT molecular complexity index is 644. The fourth-order valence-corrected chi connectivity index (χ4v) is 2.07. The molecule has 0 aromatic heterocycles. The molecule has 4 nitrogen and oxygen atoms in total. The number of aryl methyl sites for hydroxylation is 1. The van der Waals surface area contributed by atoms with E-state index in [1.807, 2.05) is 25.1 Å². The number of anilines is 1. The molecule has 0 aliphatic heterocycles. The molecule has 2 rings (SSSR count). The van der Waals surface area contributed by atoms with Crippen LogP contribution >= 0.6 is 11.6 Å². The van der Waals surface area contributed by atoms with E-state index in [0.29, 0.717) is 35.2 Å². The first kappa shape index (κ1) is 15.2. The van der Waals surface area contributed by atoms with Gasteiger partial charge in [-0.2, -0.15) is 0 Å². The van der Waals surface area contributed by atoms with E-state index in [1.54, 1.807) is 24.3 Å². The Balaban J connectivity index is 1.83. The molecule has 0 spiro atoms. The third-order valence-electron chi connectivity index (χ3n) is 2.95. The molecule has 5 heteroatoms. The van der Waals surface area contributed by atoms with E-state index < -0.39 is 0 Å². The lowest BCUT2D eigenvalue weighted by Gasteiger charge is -2.09. The van der Waals surface area contributed by atoms with E-state index in [2.05, 4.69) is 5.32 Å². The molecule has 0 saturated heterocycles. The summed E-state index contributed by atoms with van der Waals surface area (Å²) in [7, 11) is 0. The van der Waals surface area contributed by atoms with Crippen molar-refractivity contribution < 1.29 is 9.53 Å². The predicted octanol–water partition coefficient (Wildman–Crippen LogP) is 3.04. The second-order valence-electron chi connectivity index (χ2n) is 4.61. The van der Waals surface area contributed by atoms with Crippen LogP contribution in [-0.2, 0) is 0 Å². The summed E-state index contributed by atoms with van der Waals surface area (Å²) in [6, 6.07) is 12.5. The number of nitrogens with one attached hydrogen (secondary N) is 1. The van der Waals surface area contributed by atoms with Gasteiger partial charge in [0.25, 0.3) is 5.91 Å². The van der Waals surface area contributed by atoms with Gasteiger partial charge < -0.3 is 15.8 Å². The number of hydrogen-bond donors (Lipinski definition) is 2. The van der Waals surface area contributed by atoms with Crippen molar-refractivity contribution in [3.05, 3.63) is 58.6 Å². The first-order valence-electron chi connectivity index (χ1n) is 6.59.